The van der Waals surface area contributed by atoms with E-state index in [-0.39, 0.29) is 11.9 Å². The first-order chi connectivity index (χ1) is 7.11. The summed E-state index contributed by atoms with van der Waals surface area (Å²) in [5.41, 5.74) is 0. The van der Waals surface area contributed by atoms with Gasteiger partial charge in [0.25, 0.3) is 0 Å². The maximum Gasteiger partial charge on any atom is 0.242 e. The molecule has 0 radical (unpaired) electrons. The van der Waals surface area contributed by atoms with Gasteiger partial charge in [0, 0.05) is 20.2 Å². The van der Waals surface area contributed by atoms with Gasteiger partial charge in [-0.1, -0.05) is 0 Å². The van der Waals surface area contributed by atoms with Crippen LogP contribution in [0, 0.1) is 0 Å². The summed E-state index contributed by atoms with van der Waals surface area (Å²) in [4.78, 5) is 11.3. The minimum Gasteiger partial charge on any atom is -0.383 e. The second-order valence-electron chi connectivity index (χ2n) is 3.01. The van der Waals surface area contributed by atoms with Gasteiger partial charge >= 0.3 is 0 Å². The Morgan fingerprint density at radius 2 is 2.13 bits per heavy atom. The number of hydrogen-bond donors (Lipinski definition) is 3. The summed E-state index contributed by atoms with van der Waals surface area (Å²) in [6, 6.07) is -0.326. The summed E-state index contributed by atoms with van der Waals surface area (Å²) in [6.07, 6.45) is 0. The molecule has 0 aromatic carbocycles. The number of nitrogens with one attached hydrogen (secondary N) is 3. The number of likely N-dealkylation sites (N-methyl/N-ethyl adjacent to an activating group) is 1. The molecule has 0 aromatic heterocycles. The molecular weight excluding hydrogens is 214 g/mol. The molecule has 0 aliphatic carbocycles. The zero-order valence-corrected chi connectivity index (χ0v) is 10.2. The summed E-state index contributed by atoms with van der Waals surface area (Å²) in [5.74, 6) is -0.0617. The Balaban J connectivity index is 3.70. The Morgan fingerprint density at radius 3 is 2.67 bits per heavy atom. The standard InChI is InChI=1S/C9H19N3O2S/c1-4-10-8(13)7(2)12-9(15)11-5-6-14-3/h7H,4-6H2,1-3H3,(H,10,13)(H2,11,12,15). The predicted molar refractivity (Wildman–Crippen MR) is 63.8 cm³/mol. The van der Waals surface area contributed by atoms with Gasteiger partial charge < -0.3 is 20.7 Å². The van der Waals surface area contributed by atoms with Crippen LogP contribution in [0.5, 0.6) is 0 Å². The fourth-order valence-electron chi connectivity index (χ4n) is 0.907. The topological polar surface area (TPSA) is 62.4 Å². The summed E-state index contributed by atoms with van der Waals surface area (Å²) >= 11 is 4.99. The van der Waals surface area contributed by atoms with Crippen LogP contribution in [0.3, 0.4) is 0 Å². The number of rotatable bonds is 6. The van der Waals surface area contributed by atoms with Crippen molar-refractivity contribution >= 4 is 23.2 Å². The van der Waals surface area contributed by atoms with E-state index in [0.717, 1.165) is 0 Å². The number of carbonyl (C=O) groups excluding carboxylic acids is 1. The maximum atomic E-state index is 11.3. The molecule has 0 spiro atoms. The van der Waals surface area contributed by atoms with Crippen molar-refractivity contribution in [1.82, 2.24) is 16.0 Å². The van der Waals surface area contributed by atoms with Crippen LogP contribution < -0.4 is 16.0 Å². The second-order valence-corrected chi connectivity index (χ2v) is 3.42. The van der Waals surface area contributed by atoms with E-state index in [1.54, 1.807) is 14.0 Å². The number of hydrogen-bond acceptors (Lipinski definition) is 3. The van der Waals surface area contributed by atoms with Crippen molar-refractivity contribution in [2.45, 2.75) is 19.9 Å². The van der Waals surface area contributed by atoms with Crippen molar-refractivity contribution in [1.29, 1.82) is 0 Å². The normalized spacial score (nSPS) is 11.7. The van der Waals surface area contributed by atoms with Gasteiger partial charge in [-0.25, -0.2) is 0 Å². The molecule has 1 atom stereocenters. The second kappa shape index (κ2) is 8.43. The number of thiocarbonyl (C=S) groups is 1. The number of amides is 1. The van der Waals surface area contributed by atoms with Crippen molar-refractivity contribution in [3.05, 3.63) is 0 Å². The van der Waals surface area contributed by atoms with Crippen LogP contribution in [0.15, 0.2) is 0 Å². The molecule has 0 saturated heterocycles. The molecule has 0 aliphatic rings. The molecule has 15 heavy (non-hydrogen) atoms. The summed E-state index contributed by atoms with van der Waals surface area (Å²) < 4.78 is 4.85. The Bertz CT molecular complexity index is 212. The van der Waals surface area contributed by atoms with E-state index in [1.165, 1.54) is 0 Å². The van der Waals surface area contributed by atoms with Gasteiger partial charge in [-0.15, -0.1) is 0 Å². The Hall–Kier alpha value is -0.880. The van der Waals surface area contributed by atoms with Crippen LogP contribution in [-0.4, -0.2) is 43.9 Å². The molecule has 1 amide bonds. The van der Waals surface area contributed by atoms with E-state index in [2.05, 4.69) is 16.0 Å². The molecule has 0 aliphatic heterocycles. The van der Waals surface area contributed by atoms with Gasteiger partial charge in [0.2, 0.25) is 5.91 Å². The molecule has 0 bridgehead atoms. The summed E-state index contributed by atoms with van der Waals surface area (Å²) in [6.45, 7) is 5.46. The number of ether oxygens (including phenoxy) is 1. The van der Waals surface area contributed by atoms with Crippen LogP contribution in [0.4, 0.5) is 0 Å². The largest absolute Gasteiger partial charge is 0.383 e. The van der Waals surface area contributed by atoms with Crippen LogP contribution in [0.2, 0.25) is 0 Å². The summed E-state index contributed by atoms with van der Waals surface area (Å²) in [7, 11) is 1.62. The van der Waals surface area contributed by atoms with E-state index >= 15 is 0 Å². The van der Waals surface area contributed by atoms with Crippen molar-refractivity contribution in [2.24, 2.45) is 0 Å². The molecule has 0 heterocycles. The molecule has 3 N–H and O–H groups in total. The lowest BCUT2D eigenvalue weighted by Gasteiger charge is -2.16. The molecule has 0 aromatic rings. The maximum absolute atomic E-state index is 11.3. The fraction of sp³-hybridized carbons (Fsp3) is 0.778. The van der Waals surface area contributed by atoms with Crippen molar-refractivity contribution in [3.8, 4) is 0 Å². The lowest BCUT2D eigenvalue weighted by molar-refractivity contribution is -0.122. The van der Waals surface area contributed by atoms with E-state index in [1.807, 2.05) is 6.92 Å². The SMILES string of the molecule is CCNC(=O)C(C)NC(=S)NCCOC. The molecule has 0 rings (SSSR count). The lowest BCUT2D eigenvalue weighted by Crippen LogP contribution is -2.48. The number of methoxy groups -OCH3 is 1. The average molecular weight is 233 g/mol. The Morgan fingerprint density at radius 1 is 1.47 bits per heavy atom. The average Bonchev–Trinajstić information content (AvgIpc) is 2.18. The van der Waals surface area contributed by atoms with Gasteiger partial charge in [0.15, 0.2) is 5.11 Å². The highest BCUT2D eigenvalue weighted by atomic mass is 32.1. The third kappa shape index (κ3) is 7.10. The van der Waals surface area contributed by atoms with Gasteiger partial charge in [0.05, 0.1) is 6.61 Å². The van der Waals surface area contributed by atoms with Crippen molar-refractivity contribution < 1.29 is 9.53 Å². The van der Waals surface area contributed by atoms with Gasteiger partial charge in [0.1, 0.15) is 6.04 Å². The van der Waals surface area contributed by atoms with Crippen LogP contribution in [0.1, 0.15) is 13.8 Å². The predicted octanol–water partition coefficient (Wildman–Crippen LogP) is -0.378. The monoisotopic (exact) mass is 233 g/mol. The summed E-state index contributed by atoms with van der Waals surface area (Å²) in [5, 5.41) is 8.97. The minimum absolute atomic E-state index is 0.0617. The highest BCUT2D eigenvalue weighted by Gasteiger charge is 2.11. The quantitative estimate of drug-likeness (QED) is 0.431. The number of carbonyl (C=O) groups is 1. The molecule has 1 unspecified atom stereocenters. The fourth-order valence-corrected chi connectivity index (χ4v) is 1.19. The molecule has 6 heteroatoms. The van der Waals surface area contributed by atoms with Crippen LogP contribution in [0.25, 0.3) is 0 Å². The van der Waals surface area contributed by atoms with Crippen molar-refractivity contribution in [3.63, 3.8) is 0 Å². The van der Waals surface area contributed by atoms with Gasteiger partial charge in [-0.05, 0) is 26.1 Å². The Kier molecular flexibility index (Phi) is 7.94. The third-order valence-electron chi connectivity index (χ3n) is 1.68. The highest BCUT2D eigenvalue weighted by Crippen LogP contribution is 1.82. The van der Waals surface area contributed by atoms with E-state index in [0.29, 0.717) is 24.8 Å². The first-order valence-electron chi connectivity index (χ1n) is 4.92. The molecule has 0 saturated carbocycles. The lowest BCUT2D eigenvalue weighted by atomic mass is 10.3. The molecule has 5 nitrogen and oxygen atoms in total. The van der Waals surface area contributed by atoms with Crippen LogP contribution in [-0.2, 0) is 9.53 Å². The van der Waals surface area contributed by atoms with Crippen LogP contribution >= 0.6 is 12.2 Å². The molecule has 0 fully saturated rings. The molecule has 88 valence electrons. The highest BCUT2D eigenvalue weighted by molar-refractivity contribution is 7.80. The molecular formula is C9H19N3O2S. The zero-order valence-electron chi connectivity index (χ0n) is 9.42. The van der Waals surface area contributed by atoms with E-state index in [9.17, 15) is 4.79 Å². The smallest absolute Gasteiger partial charge is 0.242 e. The minimum atomic E-state index is -0.326. The Labute approximate surface area is 95.9 Å². The first kappa shape index (κ1) is 14.1. The third-order valence-corrected chi connectivity index (χ3v) is 1.95. The van der Waals surface area contributed by atoms with Gasteiger partial charge in [-0.3, -0.25) is 4.79 Å². The van der Waals surface area contributed by atoms with E-state index < -0.39 is 0 Å². The van der Waals surface area contributed by atoms with Crippen molar-refractivity contribution in [2.75, 3.05) is 26.8 Å². The van der Waals surface area contributed by atoms with Gasteiger partial charge in [-0.2, -0.15) is 0 Å². The zero-order chi connectivity index (χ0) is 11.7. The van der Waals surface area contributed by atoms with E-state index in [4.69, 9.17) is 17.0 Å². The first-order valence-corrected chi connectivity index (χ1v) is 5.33.